The van der Waals surface area contributed by atoms with Crippen LogP contribution in [0, 0.1) is 17.2 Å². The smallest absolute Gasteiger partial charge is 0.244 e. The molecule has 6 nitrogen and oxygen atoms in total. The van der Waals surface area contributed by atoms with Gasteiger partial charge in [-0.15, -0.1) is 0 Å². The number of sulfonamides is 1. The Morgan fingerprint density at radius 3 is 2.58 bits per heavy atom. The molecule has 140 valence electrons. The fraction of sp³-hybridized carbons (Fsp3) is 0.579. The molecule has 1 aliphatic carbocycles. The van der Waals surface area contributed by atoms with E-state index in [4.69, 9.17) is 0 Å². The van der Waals surface area contributed by atoms with E-state index in [1.54, 1.807) is 12.1 Å². The fourth-order valence-electron chi connectivity index (χ4n) is 3.86. The molecule has 1 aromatic carbocycles. The Balaban J connectivity index is 1.71. The van der Waals surface area contributed by atoms with Crippen LogP contribution in [-0.2, 0) is 14.8 Å². The van der Waals surface area contributed by atoms with Crippen molar-refractivity contribution in [3.05, 3.63) is 29.8 Å². The summed E-state index contributed by atoms with van der Waals surface area (Å²) in [7, 11) is -3.77. The molecular weight excluding hydrogens is 350 g/mol. The third kappa shape index (κ3) is 4.08. The molecule has 2 aliphatic rings. The van der Waals surface area contributed by atoms with Gasteiger partial charge in [0.25, 0.3) is 0 Å². The van der Waals surface area contributed by atoms with E-state index in [-0.39, 0.29) is 34.9 Å². The number of carbonyl (C=O) groups is 1. The van der Waals surface area contributed by atoms with Crippen LogP contribution in [-0.4, -0.2) is 37.8 Å². The molecule has 7 heteroatoms. The van der Waals surface area contributed by atoms with Crippen molar-refractivity contribution in [3.63, 3.8) is 0 Å². The quantitative estimate of drug-likeness (QED) is 0.875. The monoisotopic (exact) mass is 375 g/mol. The molecule has 1 N–H and O–H groups in total. The molecule has 3 rings (SSSR count). The molecule has 1 saturated heterocycles. The lowest BCUT2D eigenvalue weighted by Gasteiger charge is -2.33. The lowest BCUT2D eigenvalue weighted by Crippen LogP contribution is -2.47. The first-order chi connectivity index (χ1) is 12.5. The SMILES string of the molecule is N#Cc1ccccc1S(=O)(=O)N1CCC[C@@H](C(=O)NC2CCCCC2)C1. The Kier molecular flexibility index (Phi) is 5.94. The molecule has 1 atom stereocenters. The molecular formula is C19H25N3O3S. The highest BCUT2D eigenvalue weighted by molar-refractivity contribution is 7.89. The fourth-order valence-corrected chi connectivity index (χ4v) is 5.53. The first-order valence-corrected chi connectivity index (χ1v) is 10.8. The maximum atomic E-state index is 13.0. The Morgan fingerprint density at radius 1 is 1.12 bits per heavy atom. The van der Waals surface area contributed by atoms with Crippen LogP contribution >= 0.6 is 0 Å². The number of rotatable bonds is 4. The summed E-state index contributed by atoms with van der Waals surface area (Å²) in [4.78, 5) is 12.6. The molecule has 0 aromatic heterocycles. The molecule has 1 saturated carbocycles. The summed E-state index contributed by atoms with van der Waals surface area (Å²) in [6, 6.07) is 8.39. The second-order valence-corrected chi connectivity index (χ2v) is 9.06. The minimum absolute atomic E-state index is 0.0239. The highest BCUT2D eigenvalue weighted by Crippen LogP contribution is 2.26. The molecule has 1 amide bonds. The van der Waals surface area contributed by atoms with E-state index in [1.807, 2.05) is 6.07 Å². The average Bonchev–Trinajstić information content (AvgIpc) is 2.68. The van der Waals surface area contributed by atoms with Crippen molar-refractivity contribution in [2.24, 2.45) is 5.92 Å². The number of nitrogens with zero attached hydrogens (tertiary/aromatic N) is 2. The van der Waals surface area contributed by atoms with Crippen LogP contribution in [0.2, 0.25) is 0 Å². The average molecular weight is 375 g/mol. The summed E-state index contributed by atoms with van der Waals surface area (Å²) in [5, 5.41) is 12.3. The van der Waals surface area contributed by atoms with Crippen molar-refractivity contribution >= 4 is 15.9 Å². The van der Waals surface area contributed by atoms with E-state index in [9.17, 15) is 18.5 Å². The number of amides is 1. The van der Waals surface area contributed by atoms with E-state index < -0.39 is 10.0 Å². The summed E-state index contributed by atoms with van der Waals surface area (Å²) in [6.45, 7) is 0.565. The molecule has 1 heterocycles. The second-order valence-electron chi connectivity index (χ2n) is 7.15. The summed E-state index contributed by atoms with van der Waals surface area (Å²) in [6.07, 6.45) is 6.87. The summed E-state index contributed by atoms with van der Waals surface area (Å²) >= 11 is 0. The van der Waals surface area contributed by atoms with Crippen molar-refractivity contribution in [2.45, 2.75) is 55.9 Å². The zero-order valence-electron chi connectivity index (χ0n) is 14.9. The van der Waals surface area contributed by atoms with Crippen LogP contribution in [0.1, 0.15) is 50.5 Å². The highest BCUT2D eigenvalue weighted by atomic mass is 32.2. The lowest BCUT2D eigenvalue weighted by molar-refractivity contribution is -0.127. The Morgan fingerprint density at radius 2 is 1.85 bits per heavy atom. The summed E-state index contributed by atoms with van der Waals surface area (Å²) < 4.78 is 27.3. The molecule has 26 heavy (non-hydrogen) atoms. The van der Waals surface area contributed by atoms with Gasteiger partial charge < -0.3 is 5.32 Å². The van der Waals surface area contributed by atoms with Gasteiger partial charge in [-0.2, -0.15) is 9.57 Å². The van der Waals surface area contributed by atoms with E-state index in [1.165, 1.54) is 22.9 Å². The number of benzene rings is 1. The first kappa shape index (κ1) is 18.9. The largest absolute Gasteiger partial charge is 0.353 e. The molecule has 0 bridgehead atoms. The Labute approximate surface area is 155 Å². The zero-order chi connectivity index (χ0) is 18.6. The number of hydrogen-bond acceptors (Lipinski definition) is 4. The van der Waals surface area contributed by atoms with Crippen LogP contribution in [0.25, 0.3) is 0 Å². The Bertz CT molecular complexity index is 794. The van der Waals surface area contributed by atoms with Crippen LogP contribution in [0.5, 0.6) is 0 Å². The molecule has 0 radical (unpaired) electrons. The normalized spacial score (nSPS) is 22.5. The predicted octanol–water partition coefficient (Wildman–Crippen LogP) is 2.41. The van der Waals surface area contributed by atoms with Gasteiger partial charge >= 0.3 is 0 Å². The highest BCUT2D eigenvalue weighted by Gasteiger charge is 2.35. The van der Waals surface area contributed by atoms with Crippen LogP contribution < -0.4 is 5.32 Å². The third-order valence-electron chi connectivity index (χ3n) is 5.33. The minimum Gasteiger partial charge on any atom is -0.353 e. The molecule has 1 aliphatic heterocycles. The third-order valence-corrected chi connectivity index (χ3v) is 7.26. The standard InChI is InChI=1S/C19H25N3O3S/c20-13-15-7-4-5-11-18(15)26(24,25)22-12-6-8-16(14-22)19(23)21-17-9-2-1-3-10-17/h4-5,7,11,16-17H,1-3,6,8-10,12,14H2,(H,21,23)/t16-/m1/s1. The topological polar surface area (TPSA) is 90.3 Å². The van der Waals surface area contributed by atoms with Gasteiger partial charge in [0.2, 0.25) is 15.9 Å². The summed E-state index contributed by atoms with van der Waals surface area (Å²) in [5.74, 6) is -0.361. The van der Waals surface area contributed by atoms with Gasteiger partial charge in [-0.1, -0.05) is 31.4 Å². The van der Waals surface area contributed by atoms with Gasteiger partial charge in [0.1, 0.15) is 6.07 Å². The van der Waals surface area contributed by atoms with Crippen molar-refractivity contribution in [1.82, 2.24) is 9.62 Å². The maximum Gasteiger partial charge on any atom is 0.244 e. The van der Waals surface area contributed by atoms with E-state index >= 15 is 0 Å². The van der Waals surface area contributed by atoms with Crippen molar-refractivity contribution in [3.8, 4) is 6.07 Å². The molecule has 0 spiro atoms. The zero-order valence-corrected chi connectivity index (χ0v) is 15.7. The van der Waals surface area contributed by atoms with Gasteiger partial charge in [-0.25, -0.2) is 8.42 Å². The number of carbonyl (C=O) groups excluding carboxylic acids is 1. The number of piperidine rings is 1. The van der Waals surface area contributed by atoms with Crippen LogP contribution in [0.15, 0.2) is 29.2 Å². The summed E-state index contributed by atoms with van der Waals surface area (Å²) in [5.41, 5.74) is 0.140. The second kappa shape index (κ2) is 8.19. The van der Waals surface area contributed by atoms with Gasteiger partial charge in [0.05, 0.1) is 16.4 Å². The van der Waals surface area contributed by atoms with Gasteiger partial charge in [-0.05, 0) is 37.8 Å². The molecule has 0 unspecified atom stereocenters. The van der Waals surface area contributed by atoms with Gasteiger partial charge in [0, 0.05) is 19.1 Å². The lowest BCUT2D eigenvalue weighted by atomic mass is 9.93. The van der Waals surface area contributed by atoms with Crippen molar-refractivity contribution in [1.29, 1.82) is 5.26 Å². The number of nitriles is 1. The van der Waals surface area contributed by atoms with E-state index in [2.05, 4.69) is 5.32 Å². The minimum atomic E-state index is -3.77. The van der Waals surface area contributed by atoms with E-state index in [0.717, 1.165) is 25.7 Å². The number of hydrogen-bond donors (Lipinski definition) is 1. The van der Waals surface area contributed by atoms with Gasteiger partial charge in [0.15, 0.2) is 0 Å². The molecule has 1 aromatic rings. The Hall–Kier alpha value is -1.91. The van der Waals surface area contributed by atoms with Crippen LogP contribution in [0.4, 0.5) is 0 Å². The van der Waals surface area contributed by atoms with E-state index in [0.29, 0.717) is 19.4 Å². The van der Waals surface area contributed by atoms with Gasteiger partial charge in [-0.3, -0.25) is 4.79 Å². The van der Waals surface area contributed by atoms with Crippen molar-refractivity contribution in [2.75, 3.05) is 13.1 Å². The van der Waals surface area contributed by atoms with Crippen molar-refractivity contribution < 1.29 is 13.2 Å². The molecule has 2 fully saturated rings. The number of nitrogens with one attached hydrogen (secondary N) is 1. The predicted molar refractivity (Wildman–Crippen MR) is 97.7 cm³/mol. The van der Waals surface area contributed by atoms with Crippen LogP contribution in [0.3, 0.4) is 0 Å². The first-order valence-electron chi connectivity index (χ1n) is 9.32. The maximum absolute atomic E-state index is 13.0.